The summed E-state index contributed by atoms with van der Waals surface area (Å²) in [5.41, 5.74) is 14.5. The first kappa shape index (κ1) is 30.9. The third-order valence-corrected chi connectivity index (χ3v) is 9.43. The topological polar surface area (TPSA) is 3.24 Å². The van der Waals surface area contributed by atoms with E-state index in [1.165, 1.54) is 50.1 Å². The third kappa shape index (κ3) is 6.63. The maximum Gasteiger partial charge on any atom is 0.0462 e. The van der Waals surface area contributed by atoms with Crippen molar-refractivity contribution >= 4 is 17.1 Å². The molecule has 0 radical (unpaired) electrons. The van der Waals surface area contributed by atoms with Crippen molar-refractivity contribution in [3.05, 3.63) is 235 Å². The van der Waals surface area contributed by atoms with Crippen molar-refractivity contribution in [2.75, 3.05) is 4.90 Å². The highest BCUT2D eigenvalue weighted by molar-refractivity contribution is 5.80. The number of hydrogen-bond donors (Lipinski definition) is 0. The van der Waals surface area contributed by atoms with Crippen LogP contribution in [0.3, 0.4) is 0 Å². The summed E-state index contributed by atoms with van der Waals surface area (Å²) in [6.07, 6.45) is 0. The molecule has 1 atom stereocenters. The highest BCUT2D eigenvalue weighted by Crippen LogP contribution is 2.38. The largest absolute Gasteiger partial charge is 0.311 e. The van der Waals surface area contributed by atoms with Crippen molar-refractivity contribution in [3.63, 3.8) is 0 Å². The quantitative estimate of drug-likeness (QED) is 0.142. The molecule has 0 saturated carbocycles. The van der Waals surface area contributed by atoms with Crippen molar-refractivity contribution in [1.82, 2.24) is 0 Å². The molecule has 0 spiro atoms. The van der Waals surface area contributed by atoms with Crippen LogP contribution in [0.15, 0.2) is 218 Å². The first-order chi connectivity index (χ1) is 24.8. The zero-order valence-corrected chi connectivity index (χ0v) is 27.8. The van der Waals surface area contributed by atoms with Crippen LogP contribution in [0.2, 0.25) is 0 Å². The van der Waals surface area contributed by atoms with E-state index < -0.39 is 0 Å². The fourth-order valence-corrected chi connectivity index (χ4v) is 6.85. The van der Waals surface area contributed by atoms with Crippen molar-refractivity contribution in [2.45, 2.75) is 5.92 Å². The summed E-state index contributed by atoms with van der Waals surface area (Å²) >= 11 is 0. The Balaban J connectivity index is 1.07. The van der Waals surface area contributed by atoms with E-state index in [0.29, 0.717) is 0 Å². The Bertz CT molecular complexity index is 2070. The minimum Gasteiger partial charge on any atom is -0.311 e. The Labute approximate surface area is 295 Å². The van der Waals surface area contributed by atoms with E-state index >= 15 is 0 Å². The molecule has 0 aliphatic heterocycles. The van der Waals surface area contributed by atoms with Gasteiger partial charge < -0.3 is 4.90 Å². The van der Waals surface area contributed by atoms with Gasteiger partial charge in [-0.15, -0.1) is 0 Å². The molecule has 1 nitrogen and oxygen atoms in total. The standard InChI is InChI=1S/C49H37N/c1-5-13-37(14-6-1)39-21-25-44(26-22-39)49(43-17-9-3-10-18-43)45-27-23-40(24-28-45)42-31-35-48(36-32-42)50(46-19-11-4-12-20-46)47-33-29-41(30-34-47)38-15-7-2-8-16-38/h1-36,49H. The summed E-state index contributed by atoms with van der Waals surface area (Å²) in [7, 11) is 0. The van der Waals surface area contributed by atoms with Gasteiger partial charge in [0.15, 0.2) is 0 Å². The average molecular weight is 640 g/mol. The second kappa shape index (κ2) is 14.4. The molecule has 50 heavy (non-hydrogen) atoms. The molecule has 8 rings (SSSR count). The molecule has 238 valence electrons. The van der Waals surface area contributed by atoms with Gasteiger partial charge in [-0.05, 0) is 86.5 Å². The lowest BCUT2D eigenvalue weighted by Gasteiger charge is -2.26. The van der Waals surface area contributed by atoms with Crippen molar-refractivity contribution < 1.29 is 0 Å². The van der Waals surface area contributed by atoms with Crippen LogP contribution in [0.4, 0.5) is 17.1 Å². The smallest absolute Gasteiger partial charge is 0.0462 e. The van der Waals surface area contributed by atoms with Crippen LogP contribution in [0.25, 0.3) is 33.4 Å². The molecule has 0 bridgehead atoms. The Morgan fingerprint density at radius 3 is 0.860 bits per heavy atom. The Morgan fingerprint density at radius 1 is 0.220 bits per heavy atom. The van der Waals surface area contributed by atoms with E-state index in [4.69, 9.17) is 0 Å². The lowest BCUT2D eigenvalue weighted by atomic mass is 9.84. The van der Waals surface area contributed by atoms with Gasteiger partial charge in [-0.1, -0.05) is 182 Å². The van der Waals surface area contributed by atoms with Gasteiger partial charge in [0.25, 0.3) is 0 Å². The van der Waals surface area contributed by atoms with Crippen molar-refractivity contribution in [2.24, 2.45) is 0 Å². The summed E-state index contributed by atoms with van der Waals surface area (Å²) in [5, 5.41) is 0. The molecule has 1 heteroatoms. The number of hydrogen-bond acceptors (Lipinski definition) is 1. The number of anilines is 3. The molecule has 0 aliphatic rings. The Morgan fingerprint density at radius 2 is 0.480 bits per heavy atom. The molecule has 0 aromatic heterocycles. The zero-order valence-electron chi connectivity index (χ0n) is 27.8. The molecule has 0 N–H and O–H groups in total. The SMILES string of the molecule is c1ccc(-c2ccc(C(c3ccccc3)c3ccc(-c4ccc(N(c5ccccc5)c5ccc(-c6ccccc6)cc5)cc4)cc3)cc2)cc1. The van der Waals surface area contributed by atoms with E-state index in [0.717, 1.165) is 17.1 Å². The molecule has 0 aliphatic carbocycles. The zero-order chi connectivity index (χ0) is 33.5. The van der Waals surface area contributed by atoms with E-state index in [-0.39, 0.29) is 5.92 Å². The molecule has 1 unspecified atom stereocenters. The molecular formula is C49H37N. The first-order valence-electron chi connectivity index (χ1n) is 17.2. The van der Waals surface area contributed by atoms with E-state index in [2.05, 4.69) is 223 Å². The fraction of sp³-hybridized carbons (Fsp3) is 0.0204. The second-order valence-electron chi connectivity index (χ2n) is 12.6. The lowest BCUT2D eigenvalue weighted by molar-refractivity contribution is 0.978. The number of rotatable bonds is 9. The van der Waals surface area contributed by atoms with Crippen molar-refractivity contribution in [3.8, 4) is 33.4 Å². The van der Waals surface area contributed by atoms with E-state index in [1.54, 1.807) is 0 Å². The van der Waals surface area contributed by atoms with Gasteiger partial charge in [-0.3, -0.25) is 0 Å². The minimum absolute atomic E-state index is 0.144. The van der Waals surface area contributed by atoms with E-state index in [1.807, 2.05) is 0 Å². The van der Waals surface area contributed by atoms with Gasteiger partial charge in [-0.25, -0.2) is 0 Å². The van der Waals surface area contributed by atoms with Crippen LogP contribution in [0, 0.1) is 0 Å². The van der Waals surface area contributed by atoms with Gasteiger partial charge in [-0.2, -0.15) is 0 Å². The highest BCUT2D eigenvalue weighted by Gasteiger charge is 2.18. The monoisotopic (exact) mass is 639 g/mol. The normalized spacial score (nSPS) is 11.5. The second-order valence-corrected chi connectivity index (χ2v) is 12.6. The molecule has 8 aromatic carbocycles. The van der Waals surface area contributed by atoms with Crippen LogP contribution in [-0.4, -0.2) is 0 Å². The highest BCUT2D eigenvalue weighted by atomic mass is 15.1. The maximum atomic E-state index is 2.31. The van der Waals surface area contributed by atoms with Crippen LogP contribution < -0.4 is 4.90 Å². The van der Waals surface area contributed by atoms with Crippen molar-refractivity contribution in [1.29, 1.82) is 0 Å². The fourth-order valence-electron chi connectivity index (χ4n) is 6.85. The predicted octanol–water partition coefficient (Wildman–Crippen LogP) is 13.3. The predicted molar refractivity (Wildman–Crippen MR) is 211 cm³/mol. The first-order valence-corrected chi connectivity index (χ1v) is 17.2. The van der Waals surface area contributed by atoms with E-state index in [9.17, 15) is 0 Å². The minimum atomic E-state index is 0.144. The lowest BCUT2D eigenvalue weighted by Crippen LogP contribution is -2.09. The summed E-state index contributed by atoms with van der Waals surface area (Å²) in [5.74, 6) is 0.144. The summed E-state index contributed by atoms with van der Waals surface area (Å²) in [6.45, 7) is 0. The van der Waals surface area contributed by atoms with Gasteiger partial charge >= 0.3 is 0 Å². The number of benzene rings is 8. The molecular weight excluding hydrogens is 603 g/mol. The molecule has 0 fully saturated rings. The average Bonchev–Trinajstić information content (AvgIpc) is 3.21. The van der Waals surface area contributed by atoms with Crippen LogP contribution in [0.1, 0.15) is 22.6 Å². The molecule has 8 aromatic rings. The molecule has 0 amide bonds. The van der Waals surface area contributed by atoms with Crippen LogP contribution >= 0.6 is 0 Å². The third-order valence-electron chi connectivity index (χ3n) is 9.43. The number of nitrogens with zero attached hydrogens (tertiary/aromatic N) is 1. The summed E-state index contributed by atoms with van der Waals surface area (Å²) in [4.78, 5) is 2.31. The Kier molecular flexibility index (Phi) is 8.86. The van der Waals surface area contributed by atoms with Crippen LogP contribution in [0.5, 0.6) is 0 Å². The number of para-hydroxylation sites is 1. The summed E-state index contributed by atoms with van der Waals surface area (Å²) < 4.78 is 0. The Hall–Kier alpha value is -6.44. The molecule has 0 saturated heterocycles. The molecule has 0 heterocycles. The summed E-state index contributed by atoms with van der Waals surface area (Å²) in [6, 6.07) is 78.4. The van der Waals surface area contributed by atoms with Gasteiger partial charge in [0.1, 0.15) is 0 Å². The van der Waals surface area contributed by atoms with Gasteiger partial charge in [0.2, 0.25) is 0 Å². The van der Waals surface area contributed by atoms with Gasteiger partial charge in [0.05, 0.1) is 0 Å². The maximum absolute atomic E-state index is 2.31. The van der Waals surface area contributed by atoms with Gasteiger partial charge in [0, 0.05) is 23.0 Å². The van der Waals surface area contributed by atoms with Crippen LogP contribution in [-0.2, 0) is 0 Å².